The summed E-state index contributed by atoms with van der Waals surface area (Å²) < 4.78 is 25.4. The van der Waals surface area contributed by atoms with E-state index in [0.717, 1.165) is 22.3 Å². The van der Waals surface area contributed by atoms with Crippen molar-refractivity contribution in [2.24, 2.45) is 5.73 Å². The van der Waals surface area contributed by atoms with E-state index in [4.69, 9.17) is 5.73 Å². The van der Waals surface area contributed by atoms with Gasteiger partial charge in [0.2, 0.25) is 0 Å². The fraction of sp³-hybridized carbons (Fsp3) is 0.250. The SMILES string of the molecule is NC(CC1c2ccccc2-c2ccccc21)C(F)F. The van der Waals surface area contributed by atoms with Crippen LogP contribution in [0.1, 0.15) is 23.5 Å². The largest absolute Gasteiger partial charge is 0.323 e. The number of halogens is 2. The molecule has 2 aromatic rings. The number of fused-ring (bicyclic) bond motifs is 3. The molecule has 2 N–H and O–H groups in total. The molecule has 1 nitrogen and oxygen atoms in total. The lowest BCUT2D eigenvalue weighted by Crippen LogP contribution is -2.30. The van der Waals surface area contributed by atoms with Gasteiger partial charge in [0.1, 0.15) is 0 Å². The first kappa shape index (κ1) is 12.3. The van der Waals surface area contributed by atoms with Crippen molar-refractivity contribution >= 4 is 0 Å². The molecule has 19 heavy (non-hydrogen) atoms. The van der Waals surface area contributed by atoms with E-state index in [-0.39, 0.29) is 12.3 Å². The zero-order valence-corrected chi connectivity index (χ0v) is 10.4. The van der Waals surface area contributed by atoms with Gasteiger partial charge in [0.15, 0.2) is 0 Å². The van der Waals surface area contributed by atoms with E-state index < -0.39 is 12.5 Å². The molecular weight excluding hydrogens is 244 g/mol. The van der Waals surface area contributed by atoms with Gasteiger partial charge in [-0.2, -0.15) is 0 Å². The van der Waals surface area contributed by atoms with Gasteiger partial charge in [0.25, 0.3) is 6.43 Å². The molecule has 0 saturated carbocycles. The summed E-state index contributed by atoms with van der Waals surface area (Å²) in [7, 11) is 0. The first-order valence-electron chi connectivity index (χ1n) is 6.40. The van der Waals surface area contributed by atoms with E-state index in [1.807, 2.05) is 48.5 Å². The summed E-state index contributed by atoms with van der Waals surface area (Å²) in [5.74, 6) is -0.0172. The van der Waals surface area contributed by atoms with Crippen molar-refractivity contribution in [1.29, 1.82) is 0 Å². The van der Waals surface area contributed by atoms with E-state index in [0.29, 0.717) is 0 Å². The number of nitrogens with two attached hydrogens (primary N) is 1. The Kier molecular flexibility index (Phi) is 3.07. The third kappa shape index (κ3) is 2.04. The highest BCUT2D eigenvalue weighted by atomic mass is 19.3. The average Bonchev–Trinajstić information content (AvgIpc) is 2.74. The van der Waals surface area contributed by atoms with Crippen LogP contribution in [0.3, 0.4) is 0 Å². The van der Waals surface area contributed by atoms with Gasteiger partial charge in [-0.05, 0) is 28.7 Å². The first-order chi connectivity index (χ1) is 9.18. The molecule has 1 unspecified atom stereocenters. The third-order valence-electron chi connectivity index (χ3n) is 3.79. The lowest BCUT2D eigenvalue weighted by Gasteiger charge is -2.18. The van der Waals surface area contributed by atoms with Gasteiger partial charge < -0.3 is 5.73 Å². The molecule has 0 saturated heterocycles. The minimum atomic E-state index is -2.47. The van der Waals surface area contributed by atoms with Crippen LogP contribution in [0.5, 0.6) is 0 Å². The van der Waals surface area contributed by atoms with E-state index in [1.54, 1.807) is 0 Å². The molecule has 2 aromatic carbocycles. The highest BCUT2D eigenvalue weighted by Gasteiger charge is 2.31. The lowest BCUT2D eigenvalue weighted by atomic mass is 9.90. The summed E-state index contributed by atoms with van der Waals surface area (Å²) in [5, 5.41) is 0. The predicted molar refractivity (Wildman–Crippen MR) is 72.3 cm³/mol. The molecule has 0 aliphatic heterocycles. The topological polar surface area (TPSA) is 26.0 Å². The van der Waals surface area contributed by atoms with Crippen LogP contribution in [0.4, 0.5) is 8.78 Å². The van der Waals surface area contributed by atoms with Gasteiger partial charge in [-0.15, -0.1) is 0 Å². The van der Waals surface area contributed by atoms with Gasteiger partial charge in [-0.1, -0.05) is 48.5 Å². The Morgan fingerprint density at radius 2 is 1.37 bits per heavy atom. The van der Waals surface area contributed by atoms with Crippen molar-refractivity contribution in [1.82, 2.24) is 0 Å². The van der Waals surface area contributed by atoms with Gasteiger partial charge in [-0.3, -0.25) is 0 Å². The Balaban J connectivity index is 2.05. The molecule has 0 amide bonds. The van der Waals surface area contributed by atoms with E-state index in [1.165, 1.54) is 0 Å². The quantitative estimate of drug-likeness (QED) is 0.891. The van der Waals surface area contributed by atoms with E-state index in [9.17, 15) is 8.78 Å². The standard InChI is InChI=1S/C16H15F2N/c17-16(18)15(19)9-14-12-7-3-1-5-10(12)11-6-2-4-8-13(11)14/h1-8,14-16H,9,19H2. The first-order valence-corrected chi connectivity index (χ1v) is 6.40. The normalized spacial score (nSPS) is 15.4. The number of hydrogen-bond donors (Lipinski definition) is 1. The summed E-state index contributed by atoms with van der Waals surface area (Å²) in [6.07, 6.45) is -2.19. The van der Waals surface area contributed by atoms with Gasteiger partial charge in [-0.25, -0.2) is 8.78 Å². The second-order valence-electron chi connectivity index (χ2n) is 4.96. The Morgan fingerprint density at radius 1 is 0.895 bits per heavy atom. The number of alkyl halides is 2. The summed E-state index contributed by atoms with van der Waals surface area (Å²) in [6, 6.07) is 14.9. The van der Waals surface area contributed by atoms with Crippen LogP contribution in [-0.4, -0.2) is 12.5 Å². The molecular formula is C16H15F2N. The zero-order chi connectivity index (χ0) is 13.4. The van der Waals surface area contributed by atoms with Gasteiger partial charge in [0.05, 0.1) is 6.04 Å². The molecule has 0 heterocycles. The highest BCUT2D eigenvalue weighted by molar-refractivity contribution is 5.78. The monoisotopic (exact) mass is 259 g/mol. The van der Waals surface area contributed by atoms with Crippen LogP contribution in [0, 0.1) is 0 Å². The lowest BCUT2D eigenvalue weighted by molar-refractivity contribution is 0.110. The average molecular weight is 259 g/mol. The third-order valence-corrected chi connectivity index (χ3v) is 3.79. The van der Waals surface area contributed by atoms with Crippen molar-refractivity contribution < 1.29 is 8.78 Å². The molecule has 0 radical (unpaired) electrons. The second-order valence-corrected chi connectivity index (χ2v) is 4.96. The predicted octanol–water partition coefficient (Wildman–Crippen LogP) is 3.78. The van der Waals surface area contributed by atoms with E-state index >= 15 is 0 Å². The fourth-order valence-corrected chi connectivity index (χ4v) is 2.89. The van der Waals surface area contributed by atoms with Crippen molar-refractivity contribution in [2.75, 3.05) is 0 Å². The zero-order valence-electron chi connectivity index (χ0n) is 10.4. The number of rotatable bonds is 3. The summed E-state index contributed by atoms with van der Waals surface area (Å²) in [5.41, 5.74) is 10.1. The summed E-state index contributed by atoms with van der Waals surface area (Å²) in [4.78, 5) is 0. The molecule has 1 aliphatic carbocycles. The number of hydrogen-bond acceptors (Lipinski definition) is 1. The molecule has 98 valence electrons. The molecule has 3 rings (SSSR count). The van der Waals surface area contributed by atoms with Crippen molar-refractivity contribution in [3.63, 3.8) is 0 Å². The maximum Gasteiger partial charge on any atom is 0.253 e. The van der Waals surface area contributed by atoms with Gasteiger partial charge in [0, 0.05) is 5.92 Å². The molecule has 0 spiro atoms. The van der Waals surface area contributed by atoms with Gasteiger partial charge >= 0.3 is 0 Å². The van der Waals surface area contributed by atoms with Crippen LogP contribution in [0.25, 0.3) is 11.1 Å². The van der Waals surface area contributed by atoms with Crippen molar-refractivity contribution in [3.8, 4) is 11.1 Å². The molecule has 0 bridgehead atoms. The molecule has 0 aromatic heterocycles. The molecule has 0 fully saturated rings. The number of benzene rings is 2. The van der Waals surface area contributed by atoms with Crippen LogP contribution < -0.4 is 5.73 Å². The van der Waals surface area contributed by atoms with Crippen LogP contribution >= 0.6 is 0 Å². The Bertz CT molecular complexity index is 549. The van der Waals surface area contributed by atoms with Crippen LogP contribution in [0.15, 0.2) is 48.5 Å². The minimum absolute atomic E-state index is 0.0172. The summed E-state index contributed by atoms with van der Waals surface area (Å²) in [6.45, 7) is 0. The summed E-state index contributed by atoms with van der Waals surface area (Å²) >= 11 is 0. The van der Waals surface area contributed by atoms with E-state index in [2.05, 4.69) is 0 Å². The van der Waals surface area contributed by atoms with Crippen LogP contribution in [0.2, 0.25) is 0 Å². The maximum absolute atomic E-state index is 12.7. The maximum atomic E-state index is 12.7. The fourth-order valence-electron chi connectivity index (χ4n) is 2.89. The molecule has 1 aliphatic rings. The Labute approximate surface area is 111 Å². The smallest absolute Gasteiger partial charge is 0.253 e. The molecule has 1 atom stereocenters. The highest BCUT2D eigenvalue weighted by Crippen LogP contribution is 2.46. The van der Waals surface area contributed by atoms with Crippen molar-refractivity contribution in [2.45, 2.75) is 24.8 Å². The minimum Gasteiger partial charge on any atom is -0.323 e. The van der Waals surface area contributed by atoms with Crippen molar-refractivity contribution in [3.05, 3.63) is 59.7 Å². The second kappa shape index (κ2) is 4.74. The Hall–Kier alpha value is -1.74. The molecule has 3 heteroatoms. The Morgan fingerprint density at radius 3 is 1.84 bits per heavy atom. The van der Waals surface area contributed by atoms with Crippen LogP contribution in [-0.2, 0) is 0 Å².